The van der Waals surface area contributed by atoms with Crippen molar-refractivity contribution in [1.82, 2.24) is 0 Å². The fraction of sp³-hybridized carbons (Fsp3) is 0.333. The van der Waals surface area contributed by atoms with E-state index in [0.29, 0.717) is 6.04 Å². The molecule has 0 aromatic heterocycles. The Balaban J connectivity index is 2.40. The third-order valence-electron chi connectivity index (χ3n) is 2.23. The van der Waals surface area contributed by atoms with Crippen LogP contribution in [0.3, 0.4) is 0 Å². The molecule has 0 radical (unpaired) electrons. The minimum absolute atomic E-state index is 0.153. The molecule has 1 aromatic rings. The van der Waals surface area contributed by atoms with E-state index in [-0.39, 0.29) is 10.6 Å². The summed E-state index contributed by atoms with van der Waals surface area (Å²) in [5.41, 5.74) is 2.22. The average Bonchev–Trinajstić information content (AvgIpc) is 2.42. The van der Waals surface area contributed by atoms with Crippen LogP contribution in [0.4, 0.5) is 11.4 Å². The maximum Gasteiger partial charge on any atom is 0.271 e. The number of rotatable bonds is 1. The van der Waals surface area contributed by atoms with Crippen LogP contribution in [-0.2, 0) is 6.42 Å². The van der Waals surface area contributed by atoms with E-state index < -0.39 is 0 Å². The highest BCUT2D eigenvalue weighted by molar-refractivity contribution is 5.61. The zero-order chi connectivity index (χ0) is 9.42. The van der Waals surface area contributed by atoms with Gasteiger partial charge >= 0.3 is 0 Å². The molecule has 0 saturated carbocycles. The maximum atomic E-state index is 10.5. The van der Waals surface area contributed by atoms with Crippen LogP contribution in [0.25, 0.3) is 0 Å². The number of nitrogens with zero attached hydrogens (tertiary/aromatic N) is 1. The summed E-state index contributed by atoms with van der Waals surface area (Å²) >= 11 is 0. The van der Waals surface area contributed by atoms with Crippen molar-refractivity contribution in [2.45, 2.75) is 19.4 Å². The van der Waals surface area contributed by atoms with Gasteiger partial charge in [0, 0.05) is 23.9 Å². The highest BCUT2D eigenvalue weighted by atomic mass is 16.6. The molecule has 0 saturated heterocycles. The normalized spacial score (nSPS) is 19.3. The number of hydrogen-bond donors (Lipinski definition) is 1. The summed E-state index contributed by atoms with van der Waals surface area (Å²) < 4.78 is 0. The maximum absolute atomic E-state index is 10.5. The van der Waals surface area contributed by atoms with Gasteiger partial charge in [-0.1, -0.05) is 6.07 Å². The van der Waals surface area contributed by atoms with E-state index in [9.17, 15) is 10.1 Å². The van der Waals surface area contributed by atoms with Crippen molar-refractivity contribution >= 4 is 11.4 Å². The first-order valence-corrected chi connectivity index (χ1v) is 4.20. The molecule has 1 heterocycles. The van der Waals surface area contributed by atoms with Gasteiger partial charge in [0.1, 0.15) is 0 Å². The minimum atomic E-state index is -0.370. The number of nitrogens with one attached hydrogen (secondary N) is 1. The van der Waals surface area contributed by atoms with Gasteiger partial charge in [-0.2, -0.15) is 0 Å². The number of hydrogen-bond acceptors (Lipinski definition) is 3. The van der Waals surface area contributed by atoms with Crippen LogP contribution in [0, 0.1) is 10.1 Å². The third kappa shape index (κ3) is 1.35. The molecule has 1 aliphatic heterocycles. The highest BCUT2D eigenvalue weighted by Crippen LogP contribution is 2.29. The Morgan fingerprint density at radius 3 is 3.08 bits per heavy atom. The number of anilines is 1. The van der Waals surface area contributed by atoms with Gasteiger partial charge in [-0.25, -0.2) is 0 Å². The van der Waals surface area contributed by atoms with E-state index >= 15 is 0 Å². The summed E-state index contributed by atoms with van der Waals surface area (Å²) in [4.78, 5) is 10.1. The number of benzene rings is 1. The Bertz CT molecular complexity index is 363. The lowest BCUT2D eigenvalue weighted by molar-refractivity contribution is -0.384. The summed E-state index contributed by atoms with van der Waals surface area (Å²) in [7, 11) is 0. The first-order chi connectivity index (χ1) is 6.16. The Kier molecular flexibility index (Phi) is 1.69. The molecule has 1 N–H and O–H groups in total. The van der Waals surface area contributed by atoms with Crippen molar-refractivity contribution in [2.24, 2.45) is 0 Å². The van der Waals surface area contributed by atoms with Crippen molar-refractivity contribution in [3.63, 3.8) is 0 Å². The van der Waals surface area contributed by atoms with Gasteiger partial charge in [0.15, 0.2) is 0 Å². The van der Waals surface area contributed by atoms with Crippen molar-refractivity contribution < 1.29 is 4.92 Å². The molecule has 0 amide bonds. The number of non-ortho nitro benzene ring substituents is 1. The van der Waals surface area contributed by atoms with E-state index in [2.05, 4.69) is 12.2 Å². The zero-order valence-electron chi connectivity index (χ0n) is 7.28. The molecule has 1 atom stereocenters. The van der Waals surface area contributed by atoms with Crippen LogP contribution >= 0.6 is 0 Å². The van der Waals surface area contributed by atoms with Gasteiger partial charge in [-0.05, 0) is 18.9 Å². The standard InChI is InChI=1S/C9H10N2O2/c1-6-4-7-2-3-8(11(12)13)5-9(7)10-6/h2-3,5-6,10H,4H2,1H3/t6-/m1/s1. The average molecular weight is 178 g/mol. The molecule has 4 heteroatoms. The summed E-state index contributed by atoms with van der Waals surface area (Å²) in [6.07, 6.45) is 0.952. The minimum Gasteiger partial charge on any atom is -0.382 e. The molecule has 0 aliphatic carbocycles. The largest absolute Gasteiger partial charge is 0.382 e. The second-order valence-corrected chi connectivity index (χ2v) is 3.35. The van der Waals surface area contributed by atoms with Gasteiger partial charge in [0.05, 0.1) is 4.92 Å². The molecule has 68 valence electrons. The number of nitro groups is 1. The van der Waals surface area contributed by atoms with Gasteiger partial charge < -0.3 is 5.32 Å². The first kappa shape index (κ1) is 8.04. The van der Waals surface area contributed by atoms with Crippen molar-refractivity contribution in [3.05, 3.63) is 33.9 Å². The lowest BCUT2D eigenvalue weighted by Gasteiger charge is -2.01. The molecule has 0 unspecified atom stereocenters. The summed E-state index contributed by atoms with van der Waals surface area (Å²) in [5, 5.41) is 13.6. The van der Waals surface area contributed by atoms with Gasteiger partial charge in [-0.3, -0.25) is 10.1 Å². The number of fused-ring (bicyclic) bond motifs is 1. The highest BCUT2D eigenvalue weighted by Gasteiger charge is 2.19. The quantitative estimate of drug-likeness (QED) is 0.528. The Labute approximate surface area is 75.7 Å². The predicted molar refractivity (Wildman–Crippen MR) is 49.9 cm³/mol. The van der Waals surface area contributed by atoms with E-state index in [1.165, 1.54) is 0 Å². The van der Waals surface area contributed by atoms with Crippen LogP contribution in [0.15, 0.2) is 18.2 Å². The van der Waals surface area contributed by atoms with Crippen LogP contribution in [0.1, 0.15) is 12.5 Å². The molecular weight excluding hydrogens is 168 g/mol. The summed E-state index contributed by atoms with van der Waals surface area (Å²) in [5.74, 6) is 0. The first-order valence-electron chi connectivity index (χ1n) is 4.20. The van der Waals surface area contributed by atoms with Crippen molar-refractivity contribution in [3.8, 4) is 0 Å². The zero-order valence-corrected chi connectivity index (χ0v) is 7.28. The second kappa shape index (κ2) is 2.73. The lowest BCUT2D eigenvalue weighted by Crippen LogP contribution is -2.08. The summed E-state index contributed by atoms with van der Waals surface area (Å²) in [6.45, 7) is 2.06. The topological polar surface area (TPSA) is 55.2 Å². The molecule has 13 heavy (non-hydrogen) atoms. The monoisotopic (exact) mass is 178 g/mol. The fourth-order valence-corrected chi connectivity index (χ4v) is 1.64. The van der Waals surface area contributed by atoms with Gasteiger partial charge in [0.25, 0.3) is 5.69 Å². The van der Waals surface area contributed by atoms with Gasteiger partial charge in [-0.15, -0.1) is 0 Å². The molecular formula is C9H10N2O2. The van der Waals surface area contributed by atoms with Crippen LogP contribution in [0.2, 0.25) is 0 Å². The molecule has 1 aromatic carbocycles. The second-order valence-electron chi connectivity index (χ2n) is 3.35. The van der Waals surface area contributed by atoms with Crippen molar-refractivity contribution in [2.75, 3.05) is 5.32 Å². The molecule has 2 rings (SSSR count). The Morgan fingerprint density at radius 2 is 2.38 bits per heavy atom. The summed E-state index contributed by atoms with van der Waals surface area (Å²) in [6, 6.07) is 5.36. The van der Waals surface area contributed by atoms with Gasteiger partial charge in [0.2, 0.25) is 0 Å². The van der Waals surface area contributed by atoms with Crippen molar-refractivity contribution in [1.29, 1.82) is 0 Å². The Morgan fingerprint density at radius 1 is 1.62 bits per heavy atom. The lowest BCUT2D eigenvalue weighted by atomic mass is 10.1. The van der Waals surface area contributed by atoms with E-state index in [1.807, 2.05) is 6.07 Å². The molecule has 4 nitrogen and oxygen atoms in total. The van der Waals surface area contributed by atoms with Crippen LogP contribution in [0.5, 0.6) is 0 Å². The molecule has 0 bridgehead atoms. The molecule has 0 spiro atoms. The fourth-order valence-electron chi connectivity index (χ4n) is 1.64. The molecule has 1 aliphatic rings. The smallest absolute Gasteiger partial charge is 0.271 e. The SMILES string of the molecule is C[C@@H]1Cc2ccc([N+](=O)[O-])cc2N1. The van der Waals surface area contributed by atoms with Crippen LogP contribution < -0.4 is 5.32 Å². The Hall–Kier alpha value is -1.58. The van der Waals surface area contributed by atoms with Crippen LogP contribution in [-0.4, -0.2) is 11.0 Å². The van der Waals surface area contributed by atoms with E-state index in [1.54, 1.807) is 12.1 Å². The molecule has 0 fully saturated rings. The predicted octanol–water partition coefficient (Wildman–Crippen LogP) is 1.95. The van der Waals surface area contributed by atoms with E-state index in [0.717, 1.165) is 17.7 Å². The third-order valence-corrected chi connectivity index (χ3v) is 2.23. The van der Waals surface area contributed by atoms with E-state index in [4.69, 9.17) is 0 Å². The number of nitro benzene ring substituents is 1.